The summed E-state index contributed by atoms with van der Waals surface area (Å²) in [5, 5.41) is 7.26. The first kappa shape index (κ1) is 19.4. The van der Waals surface area contributed by atoms with Gasteiger partial charge < -0.3 is 5.32 Å². The molecule has 4 aromatic rings. The van der Waals surface area contributed by atoms with Gasteiger partial charge in [0.15, 0.2) is 5.65 Å². The van der Waals surface area contributed by atoms with Crippen molar-refractivity contribution in [3.05, 3.63) is 94.2 Å². The molecule has 0 bridgehead atoms. The molecular formula is C21H17F2N5O2. The standard InChI is InChI=1S/C21H17F2N5O2/c22-16-5-1-14(2-6-16)12-27-13-25-19-18(21(27)30)11-26-28(19)10-9-24-20(29)15-3-7-17(23)8-4-15/h1-8,11,13H,9-10,12H2,(H,24,29). The van der Waals surface area contributed by atoms with Crippen LogP contribution in [0.3, 0.4) is 0 Å². The third-order valence-corrected chi connectivity index (χ3v) is 4.60. The van der Waals surface area contributed by atoms with Crippen LogP contribution in [0.15, 0.2) is 65.8 Å². The van der Waals surface area contributed by atoms with E-state index in [-0.39, 0.29) is 30.4 Å². The maximum atomic E-state index is 13.0. The van der Waals surface area contributed by atoms with Crippen molar-refractivity contribution in [2.75, 3.05) is 6.54 Å². The smallest absolute Gasteiger partial charge is 0.264 e. The van der Waals surface area contributed by atoms with Crippen LogP contribution in [0, 0.1) is 11.6 Å². The van der Waals surface area contributed by atoms with E-state index in [1.807, 2.05) is 0 Å². The van der Waals surface area contributed by atoms with Crippen LogP contribution in [0.1, 0.15) is 15.9 Å². The average Bonchev–Trinajstić information content (AvgIpc) is 3.16. The lowest BCUT2D eigenvalue weighted by Crippen LogP contribution is -2.27. The molecule has 0 aliphatic rings. The second-order valence-electron chi connectivity index (χ2n) is 6.67. The summed E-state index contributed by atoms with van der Waals surface area (Å²) in [5.74, 6) is -1.08. The molecule has 152 valence electrons. The highest BCUT2D eigenvalue weighted by Crippen LogP contribution is 2.08. The predicted octanol–water partition coefficient (Wildman–Crippen LogP) is 2.35. The average molecular weight is 409 g/mol. The molecule has 7 nitrogen and oxygen atoms in total. The fraction of sp³-hybridized carbons (Fsp3) is 0.143. The minimum Gasteiger partial charge on any atom is -0.350 e. The number of halogens is 2. The van der Waals surface area contributed by atoms with E-state index in [1.54, 1.807) is 12.1 Å². The van der Waals surface area contributed by atoms with Gasteiger partial charge >= 0.3 is 0 Å². The molecule has 2 heterocycles. The van der Waals surface area contributed by atoms with Gasteiger partial charge in [0.2, 0.25) is 0 Å². The molecule has 30 heavy (non-hydrogen) atoms. The topological polar surface area (TPSA) is 81.8 Å². The van der Waals surface area contributed by atoms with Gasteiger partial charge in [0, 0.05) is 12.1 Å². The van der Waals surface area contributed by atoms with Crippen LogP contribution in [0.25, 0.3) is 11.0 Å². The molecule has 0 aliphatic heterocycles. The lowest BCUT2D eigenvalue weighted by molar-refractivity contribution is 0.0952. The molecule has 2 aromatic carbocycles. The van der Waals surface area contributed by atoms with Crippen molar-refractivity contribution in [2.45, 2.75) is 13.1 Å². The summed E-state index contributed by atoms with van der Waals surface area (Å²) in [6, 6.07) is 11.1. The van der Waals surface area contributed by atoms with Crippen molar-refractivity contribution in [1.82, 2.24) is 24.6 Å². The molecule has 9 heteroatoms. The number of hydrogen-bond donors (Lipinski definition) is 1. The Kier molecular flexibility index (Phi) is 5.34. The SMILES string of the molecule is O=C(NCCn1ncc2c(=O)n(Cc3ccc(F)cc3)cnc21)c1ccc(F)cc1. The van der Waals surface area contributed by atoms with E-state index in [2.05, 4.69) is 15.4 Å². The van der Waals surface area contributed by atoms with Gasteiger partial charge in [-0.15, -0.1) is 0 Å². The van der Waals surface area contributed by atoms with Gasteiger partial charge in [0.05, 0.1) is 19.3 Å². The first-order valence-electron chi connectivity index (χ1n) is 9.20. The summed E-state index contributed by atoms with van der Waals surface area (Å²) >= 11 is 0. The van der Waals surface area contributed by atoms with E-state index < -0.39 is 5.82 Å². The van der Waals surface area contributed by atoms with Crippen molar-refractivity contribution in [1.29, 1.82) is 0 Å². The van der Waals surface area contributed by atoms with Gasteiger partial charge in [-0.25, -0.2) is 18.4 Å². The molecule has 0 atom stereocenters. The monoisotopic (exact) mass is 409 g/mol. The van der Waals surface area contributed by atoms with Crippen molar-refractivity contribution in [2.24, 2.45) is 0 Å². The Morgan fingerprint density at radius 2 is 1.67 bits per heavy atom. The summed E-state index contributed by atoms with van der Waals surface area (Å²) in [6.45, 7) is 0.832. The molecule has 0 aliphatic carbocycles. The van der Waals surface area contributed by atoms with E-state index in [9.17, 15) is 18.4 Å². The molecule has 1 amide bonds. The lowest BCUT2D eigenvalue weighted by Gasteiger charge is -2.08. The first-order valence-corrected chi connectivity index (χ1v) is 9.20. The van der Waals surface area contributed by atoms with E-state index in [4.69, 9.17) is 0 Å². The largest absolute Gasteiger partial charge is 0.350 e. The van der Waals surface area contributed by atoms with Gasteiger partial charge in [-0.05, 0) is 42.0 Å². The summed E-state index contributed by atoms with van der Waals surface area (Å²) in [6.07, 6.45) is 2.86. The Morgan fingerprint density at radius 3 is 2.37 bits per heavy atom. The van der Waals surface area contributed by atoms with Crippen LogP contribution in [-0.4, -0.2) is 31.8 Å². The number of carbonyl (C=O) groups excluding carboxylic acids is 1. The molecule has 0 radical (unpaired) electrons. The van der Waals surface area contributed by atoms with Gasteiger partial charge in [-0.1, -0.05) is 12.1 Å². The van der Waals surface area contributed by atoms with Gasteiger partial charge in [-0.3, -0.25) is 14.2 Å². The van der Waals surface area contributed by atoms with Crippen LogP contribution < -0.4 is 10.9 Å². The summed E-state index contributed by atoms with van der Waals surface area (Å²) in [7, 11) is 0. The maximum Gasteiger partial charge on any atom is 0.264 e. The number of nitrogens with one attached hydrogen (secondary N) is 1. The van der Waals surface area contributed by atoms with Crippen LogP contribution >= 0.6 is 0 Å². The van der Waals surface area contributed by atoms with E-state index in [0.29, 0.717) is 23.1 Å². The van der Waals surface area contributed by atoms with Gasteiger partial charge in [0.1, 0.15) is 23.3 Å². The van der Waals surface area contributed by atoms with Crippen LogP contribution in [0.4, 0.5) is 8.78 Å². The molecule has 1 N–H and O–H groups in total. The normalized spacial score (nSPS) is 11.0. The van der Waals surface area contributed by atoms with Crippen molar-refractivity contribution < 1.29 is 13.6 Å². The summed E-state index contributed by atoms with van der Waals surface area (Å²) in [4.78, 5) is 29.1. The highest BCUT2D eigenvalue weighted by Gasteiger charge is 2.11. The van der Waals surface area contributed by atoms with E-state index in [0.717, 1.165) is 5.56 Å². The van der Waals surface area contributed by atoms with Crippen molar-refractivity contribution >= 4 is 16.9 Å². The Bertz CT molecular complexity index is 1250. The molecule has 0 saturated heterocycles. The van der Waals surface area contributed by atoms with E-state index >= 15 is 0 Å². The minimum absolute atomic E-state index is 0.257. The van der Waals surface area contributed by atoms with Gasteiger partial charge in [-0.2, -0.15) is 5.10 Å². The predicted molar refractivity (Wildman–Crippen MR) is 106 cm³/mol. The van der Waals surface area contributed by atoms with Crippen LogP contribution in [0.2, 0.25) is 0 Å². The quantitative estimate of drug-likeness (QED) is 0.530. The molecule has 2 aromatic heterocycles. The molecule has 0 unspecified atom stereocenters. The summed E-state index contributed by atoms with van der Waals surface area (Å²) in [5.41, 5.74) is 1.27. The Morgan fingerprint density at radius 1 is 1.00 bits per heavy atom. The number of hydrogen-bond acceptors (Lipinski definition) is 4. The zero-order chi connectivity index (χ0) is 21.1. The molecule has 0 saturated carbocycles. The minimum atomic E-state index is -0.411. The fourth-order valence-electron chi connectivity index (χ4n) is 3.04. The second kappa shape index (κ2) is 8.24. The number of rotatable bonds is 6. The third kappa shape index (κ3) is 4.09. The maximum absolute atomic E-state index is 13.0. The van der Waals surface area contributed by atoms with Crippen molar-refractivity contribution in [3.63, 3.8) is 0 Å². The highest BCUT2D eigenvalue weighted by molar-refractivity contribution is 5.94. The van der Waals surface area contributed by atoms with Crippen LogP contribution in [0.5, 0.6) is 0 Å². The third-order valence-electron chi connectivity index (χ3n) is 4.60. The molecule has 4 rings (SSSR count). The number of amides is 1. The molecular weight excluding hydrogens is 392 g/mol. The molecule has 0 spiro atoms. The van der Waals surface area contributed by atoms with Crippen molar-refractivity contribution in [3.8, 4) is 0 Å². The number of aromatic nitrogens is 4. The Balaban J connectivity index is 1.45. The first-order chi connectivity index (χ1) is 14.5. The zero-order valence-corrected chi connectivity index (χ0v) is 15.8. The molecule has 0 fully saturated rings. The summed E-state index contributed by atoms with van der Waals surface area (Å²) < 4.78 is 28.9. The highest BCUT2D eigenvalue weighted by atomic mass is 19.1. The van der Waals surface area contributed by atoms with Gasteiger partial charge in [0.25, 0.3) is 11.5 Å². The Hall–Kier alpha value is -3.88. The van der Waals surface area contributed by atoms with E-state index in [1.165, 1.54) is 58.2 Å². The number of carbonyl (C=O) groups is 1. The van der Waals surface area contributed by atoms with Crippen LogP contribution in [-0.2, 0) is 13.1 Å². The number of nitrogens with zero attached hydrogens (tertiary/aromatic N) is 4. The number of fused-ring (bicyclic) bond motifs is 1. The fourth-order valence-corrected chi connectivity index (χ4v) is 3.04. The number of benzene rings is 2. The zero-order valence-electron chi connectivity index (χ0n) is 15.8. The second-order valence-corrected chi connectivity index (χ2v) is 6.67. The Labute approximate surface area is 169 Å². The lowest BCUT2D eigenvalue weighted by atomic mass is 10.2.